The van der Waals surface area contributed by atoms with Gasteiger partial charge in [-0.05, 0) is 58.7 Å². The summed E-state index contributed by atoms with van der Waals surface area (Å²) in [4.78, 5) is 31.3. The quantitative estimate of drug-likeness (QED) is 0.597. The van der Waals surface area contributed by atoms with E-state index in [0.717, 1.165) is 37.3 Å². The first-order valence-corrected chi connectivity index (χ1v) is 12.5. The van der Waals surface area contributed by atoms with Crippen LogP contribution in [0.4, 0.5) is 5.82 Å². The van der Waals surface area contributed by atoms with E-state index < -0.39 is 0 Å². The van der Waals surface area contributed by atoms with Gasteiger partial charge in [0.1, 0.15) is 5.82 Å². The van der Waals surface area contributed by atoms with E-state index in [2.05, 4.69) is 35.2 Å². The minimum absolute atomic E-state index is 0.0577. The Balaban J connectivity index is 1.28. The number of hydrogen-bond donors (Lipinski definition) is 1. The molecule has 0 saturated carbocycles. The summed E-state index contributed by atoms with van der Waals surface area (Å²) in [6.45, 7) is 8.69. The molecule has 3 aromatic rings. The number of aromatic nitrogens is 5. The van der Waals surface area contributed by atoms with Gasteiger partial charge in [-0.15, -0.1) is 11.3 Å². The van der Waals surface area contributed by atoms with Gasteiger partial charge in [-0.3, -0.25) is 9.69 Å². The van der Waals surface area contributed by atoms with Crippen molar-refractivity contribution in [1.29, 1.82) is 0 Å². The van der Waals surface area contributed by atoms with Crippen LogP contribution in [-0.4, -0.2) is 79.2 Å². The molecule has 3 aromatic heterocycles. The number of aryl methyl sites for hydroxylation is 2. The molecule has 0 radical (unpaired) electrons. The van der Waals surface area contributed by atoms with Crippen LogP contribution >= 0.6 is 11.3 Å². The Labute approximate surface area is 197 Å². The van der Waals surface area contributed by atoms with Gasteiger partial charge in [0.05, 0.1) is 12.2 Å². The van der Waals surface area contributed by atoms with E-state index >= 15 is 0 Å². The second kappa shape index (κ2) is 9.66. The first kappa shape index (κ1) is 22.1. The molecule has 0 atom stereocenters. The van der Waals surface area contributed by atoms with Crippen molar-refractivity contribution >= 4 is 23.1 Å². The predicted molar refractivity (Wildman–Crippen MR) is 129 cm³/mol. The molecule has 0 aliphatic carbocycles. The summed E-state index contributed by atoms with van der Waals surface area (Å²) in [6, 6.07) is 4.45. The third-order valence-corrected chi connectivity index (χ3v) is 7.18. The number of anilines is 1. The smallest absolute Gasteiger partial charge is 0.239 e. The van der Waals surface area contributed by atoms with Crippen LogP contribution in [0.5, 0.6) is 0 Å². The maximum atomic E-state index is 12.9. The van der Waals surface area contributed by atoms with Crippen LogP contribution < -0.4 is 5.32 Å². The number of nitrogens with one attached hydrogen (secondary N) is 1. The fourth-order valence-corrected chi connectivity index (χ4v) is 5.40. The normalized spacial score (nSPS) is 18.1. The van der Waals surface area contributed by atoms with Crippen LogP contribution in [0.1, 0.15) is 37.1 Å². The Kier molecular flexibility index (Phi) is 6.48. The van der Waals surface area contributed by atoms with E-state index in [0.29, 0.717) is 35.1 Å². The minimum Gasteiger partial charge on any atom is -0.309 e. The summed E-state index contributed by atoms with van der Waals surface area (Å²) in [5.41, 5.74) is 1.87. The standard InChI is InChI=1S/C23H30N8OS/c1-16-13-17(2)31(28-16)20-14-19(26-22(27-20)23-24-7-12-33-23)25-21(32)15-29-10-5-18(6-11-29)30-8-3-4-9-30/h7,12-14,18H,3-6,8-11,15H2,1-2H3,(H,25,26,27,32). The van der Waals surface area contributed by atoms with Gasteiger partial charge in [-0.2, -0.15) is 5.10 Å². The van der Waals surface area contributed by atoms with Gasteiger partial charge in [-0.1, -0.05) is 0 Å². The van der Waals surface area contributed by atoms with Crippen molar-refractivity contribution in [1.82, 2.24) is 34.5 Å². The molecule has 174 valence electrons. The maximum Gasteiger partial charge on any atom is 0.239 e. The van der Waals surface area contributed by atoms with Gasteiger partial charge in [0.2, 0.25) is 5.91 Å². The van der Waals surface area contributed by atoms with Crippen LogP contribution in [0.15, 0.2) is 23.7 Å². The molecule has 10 heteroatoms. The van der Waals surface area contributed by atoms with Crippen molar-refractivity contribution in [2.75, 3.05) is 38.0 Å². The maximum absolute atomic E-state index is 12.9. The molecule has 0 spiro atoms. The van der Waals surface area contributed by atoms with E-state index in [1.807, 2.05) is 25.3 Å². The van der Waals surface area contributed by atoms with Crippen LogP contribution in [0, 0.1) is 13.8 Å². The number of thiazole rings is 1. The molecule has 9 nitrogen and oxygen atoms in total. The van der Waals surface area contributed by atoms with Crippen LogP contribution in [-0.2, 0) is 4.79 Å². The highest BCUT2D eigenvalue weighted by Crippen LogP contribution is 2.23. The monoisotopic (exact) mass is 466 g/mol. The molecule has 2 saturated heterocycles. The van der Waals surface area contributed by atoms with E-state index in [9.17, 15) is 4.79 Å². The fraction of sp³-hybridized carbons (Fsp3) is 0.522. The Morgan fingerprint density at radius 3 is 2.58 bits per heavy atom. The Bertz CT molecular complexity index is 1100. The average molecular weight is 467 g/mol. The van der Waals surface area contributed by atoms with E-state index in [4.69, 9.17) is 0 Å². The SMILES string of the molecule is Cc1cc(C)n(-c2cc(NC(=O)CN3CCC(N4CCCC4)CC3)nc(-c3nccs3)n2)n1. The number of piperidine rings is 1. The highest BCUT2D eigenvalue weighted by atomic mass is 32.1. The topological polar surface area (TPSA) is 92.1 Å². The van der Waals surface area contributed by atoms with Crippen LogP contribution in [0.25, 0.3) is 16.6 Å². The molecule has 0 aromatic carbocycles. The Morgan fingerprint density at radius 1 is 1.12 bits per heavy atom. The zero-order chi connectivity index (χ0) is 22.8. The van der Waals surface area contributed by atoms with Crippen molar-refractivity contribution in [3.63, 3.8) is 0 Å². The largest absolute Gasteiger partial charge is 0.309 e. The van der Waals surface area contributed by atoms with Gasteiger partial charge < -0.3 is 10.2 Å². The van der Waals surface area contributed by atoms with Crippen LogP contribution in [0.3, 0.4) is 0 Å². The number of rotatable bonds is 6. The molecule has 0 unspecified atom stereocenters. The summed E-state index contributed by atoms with van der Waals surface area (Å²) in [6.07, 6.45) is 6.64. The fourth-order valence-electron chi connectivity index (χ4n) is 4.83. The molecular formula is C23H30N8OS. The number of hydrogen-bond acceptors (Lipinski definition) is 8. The van der Waals surface area contributed by atoms with Crippen molar-refractivity contribution in [3.05, 3.63) is 35.1 Å². The highest BCUT2D eigenvalue weighted by Gasteiger charge is 2.27. The van der Waals surface area contributed by atoms with Gasteiger partial charge in [-0.25, -0.2) is 19.6 Å². The lowest BCUT2D eigenvalue weighted by molar-refractivity contribution is -0.117. The van der Waals surface area contributed by atoms with Gasteiger partial charge in [0.15, 0.2) is 16.6 Å². The number of likely N-dealkylation sites (tertiary alicyclic amines) is 2. The van der Waals surface area contributed by atoms with Crippen LogP contribution in [0.2, 0.25) is 0 Å². The third-order valence-electron chi connectivity index (χ3n) is 6.41. The summed E-state index contributed by atoms with van der Waals surface area (Å²) >= 11 is 1.47. The predicted octanol–water partition coefficient (Wildman–Crippen LogP) is 2.90. The molecule has 0 bridgehead atoms. The third kappa shape index (κ3) is 5.13. The molecule has 5 heterocycles. The lowest BCUT2D eigenvalue weighted by Gasteiger charge is -2.36. The van der Waals surface area contributed by atoms with E-state index in [1.165, 1.54) is 37.3 Å². The molecule has 5 rings (SSSR count). The summed E-state index contributed by atoms with van der Waals surface area (Å²) in [5, 5.41) is 10.1. The van der Waals surface area contributed by atoms with Gasteiger partial charge in [0, 0.05) is 42.5 Å². The molecule has 1 amide bonds. The van der Waals surface area contributed by atoms with E-state index in [1.54, 1.807) is 16.9 Å². The molecule has 1 N–H and O–H groups in total. The van der Waals surface area contributed by atoms with Gasteiger partial charge in [0.25, 0.3) is 0 Å². The number of carbonyl (C=O) groups excluding carboxylic acids is 1. The average Bonchev–Trinajstić information content (AvgIpc) is 3.56. The zero-order valence-corrected chi connectivity index (χ0v) is 20.0. The first-order valence-electron chi connectivity index (χ1n) is 11.6. The lowest BCUT2D eigenvalue weighted by atomic mass is 10.0. The van der Waals surface area contributed by atoms with Gasteiger partial charge >= 0.3 is 0 Å². The molecule has 2 aliphatic heterocycles. The summed E-state index contributed by atoms with van der Waals surface area (Å²) < 4.78 is 1.77. The van der Waals surface area contributed by atoms with Crippen molar-refractivity contribution < 1.29 is 4.79 Å². The molecular weight excluding hydrogens is 436 g/mol. The second-order valence-corrected chi connectivity index (χ2v) is 9.80. The molecule has 2 fully saturated rings. The first-order chi connectivity index (χ1) is 16.0. The number of nitrogens with zero attached hydrogens (tertiary/aromatic N) is 7. The van der Waals surface area contributed by atoms with Crippen molar-refractivity contribution in [3.8, 4) is 16.6 Å². The summed E-state index contributed by atoms with van der Waals surface area (Å²) in [5.74, 6) is 1.51. The Hall–Kier alpha value is -2.69. The Morgan fingerprint density at radius 2 is 1.91 bits per heavy atom. The lowest BCUT2D eigenvalue weighted by Crippen LogP contribution is -2.45. The molecule has 2 aliphatic rings. The zero-order valence-electron chi connectivity index (χ0n) is 19.2. The second-order valence-electron chi connectivity index (χ2n) is 8.91. The van der Waals surface area contributed by atoms with E-state index in [-0.39, 0.29) is 5.91 Å². The van der Waals surface area contributed by atoms with Crippen molar-refractivity contribution in [2.24, 2.45) is 0 Å². The number of carbonyl (C=O) groups is 1. The summed E-state index contributed by atoms with van der Waals surface area (Å²) in [7, 11) is 0. The van der Waals surface area contributed by atoms with Crippen molar-refractivity contribution in [2.45, 2.75) is 45.6 Å². The number of amides is 1. The highest BCUT2D eigenvalue weighted by molar-refractivity contribution is 7.13. The minimum atomic E-state index is -0.0577. The molecule has 33 heavy (non-hydrogen) atoms.